The zero-order valence-electron chi connectivity index (χ0n) is 10.3. The minimum Gasteiger partial charge on any atom is -0.309 e. The number of rotatable bonds is 4. The Kier molecular flexibility index (Phi) is 4.84. The molecule has 2 rings (SSSR count). The molecule has 0 radical (unpaired) electrons. The summed E-state index contributed by atoms with van der Waals surface area (Å²) < 4.78 is 1.08. The molecule has 0 aliphatic rings. The molecular weight excluding hydrogens is 330 g/mol. The summed E-state index contributed by atoms with van der Waals surface area (Å²) in [6, 6.07) is 10.5. The standard InChI is InChI=1S/C14H15BrClNS/c1-3-10-5-7-13(18-10)14(17-2)11-8-9(16)4-6-12(11)15/h4-8,14,17H,3H2,1-2H3. The highest BCUT2D eigenvalue weighted by Gasteiger charge is 2.17. The molecule has 0 fully saturated rings. The Labute approximate surface area is 125 Å². The molecule has 0 amide bonds. The van der Waals surface area contributed by atoms with Gasteiger partial charge in [0.25, 0.3) is 0 Å². The van der Waals surface area contributed by atoms with Crippen LogP contribution in [0.1, 0.15) is 28.3 Å². The Bertz CT molecular complexity index is 538. The van der Waals surface area contributed by atoms with E-state index in [-0.39, 0.29) is 6.04 Å². The van der Waals surface area contributed by atoms with Crippen molar-refractivity contribution in [1.29, 1.82) is 0 Å². The molecule has 0 aliphatic carbocycles. The molecule has 1 N–H and O–H groups in total. The highest BCUT2D eigenvalue weighted by molar-refractivity contribution is 9.10. The molecule has 1 heterocycles. The van der Waals surface area contributed by atoms with Crippen molar-refractivity contribution in [2.75, 3.05) is 7.05 Å². The summed E-state index contributed by atoms with van der Waals surface area (Å²) in [5, 5.41) is 4.13. The highest BCUT2D eigenvalue weighted by Crippen LogP contribution is 2.34. The van der Waals surface area contributed by atoms with E-state index in [1.807, 2.05) is 36.6 Å². The average molecular weight is 345 g/mol. The number of halogens is 2. The van der Waals surface area contributed by atoms with Gasteiger partial charge in [0, 0.05) is 19.2 Å². The van der Waals surface area contributed by atoms with E-state index < -0.39 is 0 Å². The lowest BCUT2D eigenvalue weighted by Crippen LogP contribution is -2.16. The molecular formula is C14H15BrClNS. The van der Waals surface area contributed by atoms with Crippen molar-refractivity contribution >= 4 is 38.9 Å². The number of hydrogen-bond acceptors (Lipinski definition) is 2. The first kappa shape index (κ1) is 14.1. The van der Waals surface area contributed by atoms with E-state index in [1.165, 1.54) is 15.3 Å². The third-order valence-corrected chi connectivity index (χ3v) is 5.12. The lowest BCUT2D eigenvalue weighted by Gasteiger charge is -2.17. The Balaban J connectivity index is 2.41. The van der Waals surface area contributed by atoms with Crippen LogP contribution in [0.5, 0.6) is 0 Å². The monoisotopic (exact) mass is 343 g/mol. The van der Waals surface area contributed by atoms with Gasteiger partial charge in [-0.3, -0.25) is 0 Å². The molecule has 0 saturated carbocycles. The number of aryl methyl sites for hydroxylation is 1. The molecule has 0 saturated heterocycles. The van der Waals surface area contributed by atoms with E-state index in [9.17, 15) is 0 Å². The first-order chi connectivity index (χ1) is 8.65. The maximum absolute atomic E-state index is 6.09. The van der Waals surface area contributed by atoms with Crippen LogP contribution in [0.4, 0.5) is 0 Å². The van der Waals surface area contributed by atoms with Crippen molar-refractivity contribution in [3.8, 4) is 0 Å². The van der Waals surface area contributed by atoms with E-state index in [1.54, 1.807) is 0 Å². The Morgan fingerprint density at radius 3 is 2.72 bits per heavy atom. The molecule has 96 valence electrons. The van der Waals surface area contributed by atoms with Crippen LogP contribution >= 0.6 is 38.9 Å². The first-order valence-corrected chi connectivity index (χ1v) is 7.85. The zero-order chi connectivity index (χ0) is 13.1. The number of benzene rings is 1. The van der Waals surface area contributed by atoms with E-state index in [2.05, 4.69) is 40.3 Å². The van der Waals surface area contributed by atoms with Gasteiger partial charge in [0.05, 0.1) is 6.04 Å². The van der Waals surface area contributed by atoms with Crippen molar-refractivity contribution < 1.29 is 0 Å². The summed E-state index contributed by atoms with van der Waals surface area (Å²) in [6.45, 7) is 2.18. The van der Waals surface area contributed by atoms with Gasteiger partial charge in [-0.2, -0.15) is 0 Å². The summed E-state index contributed by atoms with van der Waals surface area (Å²) in [7, 11) is 1.98. The van der Waals surface area contributed by atoms with Crippen LogP contribution in [0.3, 0.4) is 0 Å². The van der Waals surface area contributed by atoms with E-state index in [4.69, 9.17) is 11.6 Å². The molecule has 0 bridgehead atoms. The van der Waals surface area contributed by atoms with Gasteiger partial charge in [-0.15, -0.1) is 11.3 Å². The third kappa shape index (κ3) is 2.97. The van der Waals surface area contributed by atoms with Crippen molar-refractivity contribution in [2.45, 2.75) is 19.4 Å². The van der Waals surface area contributed by atoms with Crippen LogP contribution in [-0.2, 0) is 6.42 Å². The van der Waals surface area contributed by atoms with Crippen LogP contribution in [-0.4, -0.2) is 7.05 Å². The summed E-state index contributed by atoms with van der Waals surface area (Å²) in [4.78, 5) is 2.72. The smallest absolute Gasteiger partial charge is 0.0680 e. The molecule has 1 aromatic carbocycles. The molecule has 18 heavy (non-hydrogen) atoms. The van der Waals surface area contributed by atoms with Gasteiger partial charge in [-0.25, -0.2) is 0 Å². The van der Waals surface area contributed by atoms with Crippen molar-refractivity contribution in [3.63, 3.8) is 0 Å². The summed E-state index contributed by atoms with van der Waals surface area (Å²) in [5.41, 5.74) is 1.18. The van der Waals surface area contributed by atoms with Crippen molar-refractivity contribution in [3.05, 3.63) is 55.1 Å². The largest absolute Gasteiger partial charge is 0.309 e. The van der Waals surface area contributed by atoms with Gasteiger partial charge in [0.2, 0.25) is 0 Å². The Morgan fingerprint density at radius 2 is 2.11 bits per heavy atom. The molecule has 4 heteroatoms. The summed E-state index contributed by atoms with van der Waals surface area (Å²) >= 11 is 11.5. The fraction of sp³-hybridized carbons (Fsp3) is 0.286. The zero-order valence-corrected chi connectivity index (χ0v) is 13.5. The predicted molar refractivity (Wildman–Crippen MR) is 83.8 cm³/mol. The second kappa shape index (κ2) is 6.20. The topological polar surface area (TPSA) is 12.0 Å². The molecule has 1 atom stereocenters. The fourth-order valence-corrected chi connectivity index (χ4v) is 3.66. The average Bonchev–Trinajstić information content (AvgIpc) is 2.83. The fourth-order valence-electron chi connectivity index (χ4n) is 1.93. The number of thiophene rings is 1. The molecule has 2 aromatic rings. The lowest BCUT2D eigenvalue weighted by molar-refractivity contribution is 0.701. The van der Waals surface area contributed by atoms with Crippen LogP contribution in [0, 0.1) is 0 Å². The molecule has 1 nitrogen and oxygen atoms in total. The Morgan fingerprint density at radius 1 is 1.33 bits per heavy atom. The van der Waals surface area contributed by atoms with Gasteiger partial charge < -0.3 is 5.32 Å². The number of nitrogens with one attached hydrogen (secondary N) is 1. The summed E-state index contributed by atoms with van der Waals surface area (Å²) in [6.07, 6.45) is 1.08. The van der Waals surface area contributed by atoms with Crippen LogP contribution in [0.15, 0.2) is 34.8 Å². The SMILES string of the molecule is CCc1ccc(C(NC)c2cc(Cl)ccc2Br)s1. The maximum atomic E-state index is 6.09. The normalized spacial score (nSPS) is 12.7. The third-order valence-electron chi connectivity index (χ3n) is 2.87. The van der Waals surface area contributed by atoms with Gasteiger partial charge in [-0.05, 0) is 49.4 Å². The number of hydrogen-bond donors (Lipinski definition) is 1. The van der Waals surface area contributed by atoms with Gasteiger partial charge >= 0.3 is 0 Å². The minimum absolute atomic E-state index is 0.184. The molecule has 0 aliphatic heterocycles. The lowest BCUT2D eigenvalue weighted by atomic mass is 10.1. The molecule has 1 unspecified atom stereocenters. The quantitative estimate of drug-likeness (QED) is 0.819. The second-order valence-electron chi connectivity index (χ2n) is 4.05. The van der Waals surface area contributed by atoms with E-state index in [0.717, 1.165) is 15.9 Å². The van der Waals surface area contributed by atoms with E-state index in [0.29, 0.717) is 0 Å². The van der Waals surface area contributed by atoms with Gasteiger partial charge in [0.1, 0.15) is 0 Å². The van der Waals surface area contributed by atoms with E-state index >= 15 is 0 Å². The minimum atomic E-state index is 0.184. The van der Waals surface area contributed by atoms with Gasteiger partial charge in [-0.1, -0.05) is 34.5 Å². The predicted octanol–water partition coefficient (Wildman–Crippen LogP) is 5.04. The maximum Gasteiger partial charge on any atom is 0.0680 e. The molecule has 0 spiro atoms. The van der Waals surface area contributed by atoms with Crippen molar-refractivity contribution in [1.82, 2.24) is 5.32 Å². The summed E-state index contributed by atoms with van der Waals surface area (Å²) in [5.74, 6) is 0. The van der Waals surface area contributed by atoms with Gasteiger partial charge in [0.15, 0.2) is 0 Å². The highest BCUT2D eigenvalue weighted by atomic mass is 79.9. The van der Waals surface area contributed by atoms with Crippen molar-refractivity contribution in [2.24, 2.45) is 0 Å². The Hall–Kier alpha value is -0.350. The van der Waals surface area contributed by atoms with Crippen LogP contribution in [0.2, 0.25) is 5.02 Å². The second-order valence-corrected chi connectivity index (χ2v) is 6.54. The van der Waals surface area contributed by atoms with Crippen LogP contribution < -0.4 is 5.32 Å². The van der Waals surface area contributed by atoms with Crippen LogP contribution in [0.25, 0.3) is 0 Å². The first-order valence-electron chi connectivity index (χ1n) is 5.86. The molecule has 1 aromatic heterocycles.